The van der Waals surface area contributed by atoms with E-state index in [-0.39, 0.29) is 22.3 Å². The molecule has 4 aromatic rings. The first kappa shape index (κ1) is 29.1. The number of methoxy groups -OCH3 is 1. The van der Waals surface area contributed by atoms with E-state index >= 15 is 0 Å². The maximum atomic E-state index is 14.8. The number of aliphatic carboxylic acids is 1. The fraction of sp³-hybridized carbons (Fsp3) is 0.182. The number of aromatic amines is 1. The lowest BCUT2D eigenvalue weighted by atomic mass is 10.2. The minimum absolute atomic E-state index is 0.0419. The van der Waals surface area contributed by atoms with Crippen LogP contribution in [0.25, 0.3) is 10.9 Å². The van der Waals surface area contributed by atoms with Gasteiger partial charge in [0.2, 0.25) is 16.0 Å². The van der Waals surface area contributed by atoms with Gasteiger partial charge in [-0.05, 0) is 37.3 Å². The molecular weight excluding hydrogens is 550 g/mol. The Kier molecular flexibility index (Phi) is 8.55. The molecule has 0 spiro atoms. The zero-order chi connectivity index (χ0) is 29.0. The molecular formula is C22H21F4N7O5S. The molecule has 2 aromatic carbocycles. The molecule has 0 aliphatic carbocycles. The van der Waals surface area contributed by atoms with Crippen molar-refractivity contribution in [2.24, 2.45) is 5.14 Å². The maximum Gasteiger partial charge on any atom is 0.490 e. The van der Waals surface area contributed by atoms with Gasteiger partial charge in [0.05, 0.1) is 41.3 Å². The van der Waals surface area contributed by atoms with Crippen molar-refractivity contribution < 1.29 is 40.6 Å². The Hall–Kier alpha value is -4.51. The first-order chi connectivity index (χ1) is 18.3. The molecule has 39 heavy (non-hydrogen) atoms. The highest BCUT2D eigenvalue weighted by molar-refractivity contribution is 7.89. The number of carboxylic acid groups (broad SMARTS) is 1. The summed E-state index contributed by atoms with van der Waals surface area (Å²) in [5.41, 5.74) is 1.78. The first-order valence-corrected chi connectivity index (χ1v) is 12.3. The van der Waals surface area contributed by atoms with E-state index in [0.717, 1.165) is 22.8 Å². The van der Waals surface area contributed by atoms with Crippen LogP contribution in [0, 0.1) is 5.82 Å². The number of carbonyl (C=O) groups is 1. The molecule has 12 nitrogen and oxygen atoms in total. The molecule has 0 radical (unpaired) electrons. The van der Waals surface area contributed by atoms with E-state index in [1.807, 2.05) is 25.1 Å². The second-order valence-electron chi connectivity index (χ2n) is 7.55. The summed E-state index contributed by atoms with van der Waals surface area (Å²) in [5.74, 6) is -2.96. The van der Waals surface area contributed by atoms with Gasteiger partial charge in [0.15, 0.2) is 11.6 Å². The number of alkyl halides is 3. The SMILES string of the molecule is CCN(c1nc(Nc2cc(S(N)(=O)=O)ccc2OC)ncc1F)c1cccc2[nH]ncc12.O=C(O)C(F)(F)F. The molecule has 0 atom stereocenters. The van der Waals surface area contributed by atoms with Crippen LogP contribution in [-0.4, -0.2) is 59.5 Å². The fourth-order valence-electron chi connectivity index (χ4n) is 3.31. The maximum absolute atomic E-state index is 14.8. The molecule has 0 unspecified atom stereocenters. The Labute approximate surface area is 218 Å². The van der Waals surface area contributed by atoms with Gasteiger partial charge in [-0.2, -0.15) is 23.3 Å². The number of hydrogen-bond donors (Lipinski definition) is 4. The van der Waals surface area contributed by atoms with Crippen molar-refractivity contribution in [3.8, 4) is 5.75 Å². The Bertz CT molecular complexity index is 1600. The van der Waals surface area contributed by atoms with Crippen LogP contribution in [0.2, 0.25) is 0 Å². The van der Waals surface area contributed by atoms with Gasteiger partial charge in [0.25, 0.3) is 0 Å². The van der Waals surface area contributed by atoms with E-state index in [1.54, 1.807) is 11.1 Å². The molecule has 0 aliphatic rings. The van der Waals surface area contributed by atoms with Gasteiger partial charge in [-0.1, -0.05) is 6.07 Å². The highest BCUT2D eigenvalue weighted by atomic mass is 32.2. The Morgan fingerprint density at radius 3 is 2.51 bits per heavy atom. The number of anilines is 4. The summed E-state index contributed by atoms with van der Waals surface area (Å²) in [6.07, 6.45) is -2.38. The molecule has 0 saturated carbocycles. The molecule has 0 saturated heterocycles. The van der Waals surface area contributed by atoms with Gasteiger partial charge in [-0.15, -0.1) is 0 Å². The summed E-state index contributed by atoms with van der Waals surface area (Å²) in [6.45, 7) is 2.29. The van der Waals surface area contributed by atoms with E-state index in [9.17, 15) is 26.0 Å². The zero-order valence-corrected chi connectivity index (χ0v) is 21.0. The highest BCUT2D eigenvalue weighted by Gasteiger charge is 2.38. The summed E-state index contributed by atoms with van der Waals surface area (Å²) < 4.78 is 75.2. The predicted molar refractivity (Wildman–Crippen MR) is 132 cm³/mol. The lowest BCUT2D eigenvalue weighted by Crippen LogP contribution is -2.21. The topological polar surface area (TPSA) is 176 Å². The van der Waals surface area contributed by atoms with Gasteiger partial charge < -0.3 is 20.1 Å². The minimum atomic E-state index is -5.08. The van der Waals surface area contributed by atoms with Crippen molar-refractivity contribution in [3.63, 3.8) is 0 Å². The van der Waals surface area contributed by atoms with Crippen molar-refractivity contribution in [3.05, 3.63) is 54.6 Å². The molecule has 4 rings (SSSR count). The van der Waals surface area contributed by atoms with Gasteiger partial charge in [0.1, 0.15) is 5.75 Å². The number of nitrogens with two attached hydrogens (primary N) is 1. The van der Waals surface area contributed by atoms with Crippen LogP contribution < -0.4 is 20.1 Å². The van der Waals surface area contributed by atoms with Crippen molar-refractivity contribution in [2.75, 3.05) is 23.9 Å². The van der Waals surface area contributed by atoms with Crippen molar-refractivity contribution in [2.45, 2.75) is 18.0 Å². The molecule has 0 fully saturated rings. The molecule has 208 valence electrons. The van der Waals surface area contributed by atoms with Crippen LogP contribution in [0.15, 0.2) is 53.7 Å². The van der Waals surface area contributed by atoms with Gasteiger partial charge in [-0.25, -0.2) is 27.7 Å². The summed E-state index contributed by atoms with van der Waals surface area (Å²) in [4.78, 5) is 18.8. The quantitative estimate of drug-likeness (QED) is 0.239. The molecule has 17 heteroatoms. The smallest absolute Gasteiger partial charge is 0.490 e. The number of rotatable bonds is 7. The molecule has 5 N–H and O–H groups in total. The number of benzene rings is 2. The second kappa shape index (κ2) is 11.5. The molecule has 0 amide bonds. The normalized spacial score (nSPS) is 11.5. The Morgan fingerprint density at radius 1 is 1.23 bits per heavy atom. The highest BCUT2D eigenvalue weighted by Crippen LogP contribution is 2.33. The monoisotopic (exact) mass is 571 g/mol. The first-order valence-electron chi connectivity index (χ1n) is 10.8. The standard InChI is InChI=1S/C20H20FN7O3S.C2HF3O2/c1-3-28(17-6-4-5-15-13(17)10-24-27-15)19-14(21)11-23-20(26-19)25-16-9-12(32(22,29)30)7-8-18(16)31-2;3-2(4,5)1(6)7/h4-11H,3H2,1-2H3,(H,24,27)(H2,22,29,30)(H,23,25,26);(H,6,7). The third-order valence-electron chi connectivity index (χ3n) is 5.04. The molecule has 0 aliphatic heterocycles. The van der Waals surface area contributed by atoms with E-state index < -0.39 is 28.0 Å². The number of hydrogen-bond acceptors (Lipinski definition) is 9. The van der Waals surface area contributed by atoms with Gasteiger partial charge in [0, 0.05) is 11.9 Å². The second-order valence-corrected chi connectivity index (χ2v) is 9.11. The number of ether oxygens (including phenoxy) is 1. The Balaban J connectivity index is 0.000000532. The number of carboxylic acids is 1. The van der Waals surface area contributed by atoms with Crippen molar-refractivity contribution in [1.82, 2.24) is 20.2 Å². The summed E-state index contributed by atoms with van der Waals surface area (Å²) >= 11 is 0. The summed E-state index contributed by atoms with van der Waals surface area (Å²) in [7, 11) is -2.51. The van der Waals surface area contributed by atoms with E-state index in [1.165, 1.54) is 25.3 Å². The minimum Gasteiger partial charge on any atom is -0.495 e. The average Bonchev–Trinajstić information content (AvgIpc) is 3.35. The number of primary sulfonamides is 1. The number of H-pyrrole nitrogens is 1. The van der Waals surface area contributed by atoms with Crippen molar-refractivity contribution in [1.29, 1.82) is 0 Å². The lowest BCUT2D eigenvalue weighted by molar-refractivity contribution is -0.192. The molecule has 2 aromatic heterocycles. The van der Waals surface area contributed by atoms with Crippen LogP contribution in [0.1, 0.15) is 6.92 Å². The van der Waals surface area contributed by atoms with Crippen LogP contribution in [0.3, 0.4) is 0 Å². The number of sulfonamides is 1. The van der Waals surface area contributed by atoms with Crippen LogP contribution in [0.5, 0.6) is 5.75 Å². The van der Waals surface area contributed by atoms with Crippen LogP contribution in [-0.2, 0) is 14.8 Å². The lowest BCUT2D eigenvalue weighted by Gasteiger charge is -2.23. The third-order valence-corrected chi connectivity index (χ3v) is 5.95. The number of fused-ring (bicyclic) bond motifs is 1. The third kappa shape index (κ3) is 6.88. The Morgan fingerprint density at radius 2 is 1.92 bits per heavy atom. The van der Waals surface area contributed by atoms with Crippen molar-refractivity contribution >= 4 is 50.0 Å². The van der Waals surface area contributed by atoms with Crippen LogP contribution in [0.4, 0.5) is 40.7 Å². The average molecular weight is 572 g/mol. The van der Waals surface area contributed by atoms with E-state index in [4.69, 9.17) is 19.8 Å². The number of halogens is 4. The van der Waals surface area contributed by atoms with Gasteiger partial charge >= 0.3 is 12.1 Å². The van der Waals surface area contributed by atoms with Crippen LogP contribution >= 0.6 is 0 Å². The number of aromatic nitrogens is 4. The summed E-state index contributed by atoms with van der Waals surface area (Å²) in [6, 6.07) is 9.61. The number of nitrogens with one attached hydrogen (secondary N) is 2. The van der Waals surface area contributed by atoms with E-state index in [0.29, 0.717) is 12.3 Å². The largest absolute Gasteiger partial charge is 0.495 e. The summed E-state index contributed by atoms with van der Waals surface area (Å²) in [5, 5.41) is 23.0. The molecule has 0 bridgehead atoms. The van der Waals surface area contributed by atoms with Gasteiger partial charge in [-0.3, -0.25) is 5.10 Å². The van der Waals surface area contributed by atoms with E-state index in [2.05, 4.69) is 25.5 Å². The predicted octanol–water partition coefficient (Wildman–Crippen LogP) is 3.68. The zero-order valence-electron chi connectivity index (χ0n) is 20.2. The fourth-order valence-corrected chi connectivity index (χ4v) is 3.85. The number of nitrogens with zero attached hydrogens (tertiary/aromatic N) is 4. The molecule has 2 heterocycles.